The average molecular weight is 214 g/mol. The molecule has 1 saturated heterocycles. The van der Waals surface area contributed by atoms with Gasteiger partial charge in [-0.2, -0.15) is 11.8 Å². The van der Waals surface area contributed by atoms with Gasteiger partial charge >= 0.3 is 0 Å². The van der Waals surface area contributed by atoms with E-state index in [0.29, 0.717) is 0 Å². The molecule has 14 heavy (non-hydrogen) atoms. The van der Waals surface area contributed by atoms with Crippen LogP contribution in [0.2, 0.25) is 0 Å². The first kappa shape index (κ1) is 9.32. The van der Waals surface area contributed by atoms with Gasteiger partial charge in [-0.15, -0.1) is 0 Å². The molecule has 76 valence electrons. The lowest BCUT2D eigenvalue weighted by Gasteiger charge is -2.25. The van der Waals surface area contributed by atoms with Crippen LogP contribution in [0.4, 0.5) is 5.82 Å². The molecule has 6 nitrogen and oxygen atoms in total. The van der Waals surface area contributed by atoms with E-state index < -0.39 is 0 Å². The summed E-state index contributed by atoms with van der Waals surface area (Å²) in [4.78, 5) is 13.5. The Kier molecular flexibility index (Phi) is 2.58. The molecule has 1 aromatic heterocycles. The quantitative estimate of drug-likeness (QED) is 0.699. The fourth-order valence-corrected chi connectivity index (χ4v) is 2.16. The van der Waals surface area contributed by atoms with Gasteiger partial charge in [-0.05, 0) is 10.3 Å². The second-order valence-corrected chi connectivity index (χ2v) is 4.13. The number of carbonyl (C=O) groups excluding carboxylic acids is 1. The van der Waals surface area contributed by atoms with Crippen LogP contribution in [0.3, 0.4) is 0 Å². The molecular weight excluding hydrogens is 204 g/mol. The van der Waals surface area contributed by atoms with Crippen LogP contribution in [-0.2, 0) is 0 Å². The highest BCUT2D eigenvalue weighted by molar-refractivity contribution is 7.99. The van der Waals surface area contributed by atoms with E-state index in [1.54, 1.807) is 4.90 Å². The van der Waals surface area contributed by atoms with E-state index in [0.717, 1.165) is 24.6 Å². The molecule has 1 amide bonds. The van der Waals surface area contributed by atoms with Crippen LogP contribution in [0.25, 0.3) is 0 Å². The third-order valence-corrected chi connectivity index (χ3v) is 2.96. The van der Waals surface area contributed by atoms with E-state index in [-0.39, 0.29) is 17.4 Å². The molecule has 0 aromatic carbocycles. The highest BCUT2D eigenvalue weighted by Gasteiger charge is 2.23. The predicted molar refractivity (Wildman–Crippen MR) is 51.9 cm³/mol. The zero-order valence-corrected chi connectivity index (χ0v) is 8.29. The Morgan fingerprint density at radius 2 is 2.14 bits per heavy atom. The Morgan fingerprint density at radius 3 is 2.71 bits per heavy atom. The smallest absolute Gasteiger partial charge is 0.280 e. The second-order valence-electron chi connectivity index (χ2n) is 2.90. The van der Waals surface area contributed by atoms with Crippen molar-refractivity contribution in [1.29, 1.82) is 0 Å². The van der Waals surface area contributed by atoms with E-state index >= 15 is 0 Å². The number of amides is 1. The fraction of sp³-hybridized carbons (Fsp3) is 0.571. The molecule has 0 spiro atoms. The molecule has 0 unspecified atom stereocenters. The minimum absolute atomic E-state index is 0.0632. The van der Waals surface area contributed by atoms with Gasteiger partial charge in [0.1, 0.15) is 0 Å². The number of rotatable bonds is 1. The van der Waals surface area contributed by atoms with Gasteiger partial charge in [-0.3, -0.25) is 4.79 Å². The molecule has 0 saturated carbocycles. The molecule has 2 heterocycles. The zero-order chi connectivity index (χ0) is 9.97. The molecule has 1 aliphatic rings. The summed E-state index contributed by atoms with van der Waals surface area (Å²) in [6.45, 7) is 1.46. The van der Waals surface area contributed by atoms with Crippen LogP contribution in [-0.4, -0.2) is 45.7 Å². The van der Waals surface area contributed by atoms with Crippen LogP contribution < -0.4 is 5.73 Å². The van der Waals surface area contributed by atoms with E-state index in [2.05, 4.69) is 14.9 Å². The lowest BCUT2D eigenvalue weighted by molar-refractivity contribution is 0.0762. The van der Waals surface area contributed by atoms with Gasteiger partial charge < -0.3 is 10.6 Å². The zero-order valence-electron chi connectivity index (χ0n) is 7.47. The van der Waals surface area contributed by atoms with Crippen molar-refractivity contribution in [2.45, 2.75) is 0 Å². The van der Waals surface area contributed by atoms with Gasteiger partial charge in [-0.1, -0.05) is 0 Å². The lowest BCUT2D eigenvalue weighted by Crippen LogP contribution is -2.38. The van der Waals surface area contributed by atoms with E-state index in [4.69, 9.17) is 5.73 Å². The molecule has 1 aromatic rings. The van der Waals surface area contributed by atoms with E-state index in [1.165, 1.54) is 0 Å². The van der Waals surface area contributed by atoms with Crippen LogP contribution in [0, 0.1) is 0 Å². The number of nitrogens with zero attached hydrogens (tertiary/aromatic N) is 3. The number of anilines is 1. The lowest BCUT2D eigenvalue weighted by atomic mass is 10.3. The molecule has 0 bridgehead atoms. The number of nitrogen functional groups attached to an aromatic ring is 1. The molecule has 7 heteroatoms. The Hall–Kier alpha value is -1.24. The molecule has 1 aliphatic heterocycles. The number of nitrogens with two attached hydrogens (primary N) is 1. The number of aromatic nitrogens is 2. The van der Waals surface area contributed by atoms with Crippen LogP contribution in [0.15, 0.2) is 4.63 Å². The minimum Gasteiger partial charge on any atom is -0.379 e. The van der Waals surface area contributed by atoms with Crippen molar-refractivity contribution in [2.75, 3.05) is 30.3 Å². The summed E-state index contributed by atoms with van der Waals surface area (Å²) in [5.41, 5.74) is 5.55. The average Bonchev–Trinajstić information content (AvgIpc) is 2.65. The van der Waals surface area contributed by atoms with Gasteiger partial charge in [0.2, 0.25) is 11.5 Å². The summed E-state index contributed by atoms with van der Waals surface area (Å²) < 4.78 is 4.38. The maximum Gasteiger partial charge on any atom is 0.280 e. The Balaban J connectivity index is 2.11. The van der Waals surface area contributed by atoms with Crippen molar-refractivity contribution in [2.24, 2.45) is 0 Å². The standard InChI is InChI=1S/C7H10N4O2S/c8-6-5(9-13-10-6)7(12)11-1-3-14-4-2-11/h1-4H2,(H2,8,10). The topological polar surface area (TPSA) is 85.2 Å². The van der Waals surface area contributed by atoms with Crippen LogP contribution in [0.5, 0.6) is 0 Å². The van der Waals surface area contributed by atoms with Gasteiger partial charge in [0, 0.05) is 24.6 Å². The van der Waals surface area contributed by atoms with E-state index in [1.807, 2.05) is 11.8 Å². The summed E-state index contributed by atoms with van der Waals surface area (Å²) in [6, 6.07) is 0. The number of hydrogen-bond donors (Lipinski definition) is 1. The monoisotopic (exact) mass is 214 g/mol. The molecular formula is C7H10N4O2S. The van der Waals surface area contributed by atoms with Crippen LogP contribution >= 0.6 is 11.8 Å². The Bertz CT molecular complexity index is 334. The first-order chi connectivity index (χ1) is 6.79. The second kappa shape index (κ2) is 3.87. The summed E-state index contributed by atoms with van der Waals surface area (Å²) in [6.07, 6.45) is 0. The Labute approximate surface area is 84.8 Å². The fourth-order valence-electron chi connectivity index (χ4n) is 1.26. The Morgan fingerprint density at radius 1 is 1.43 bits per heavy atom. The maximum absolute atomic E-state index is 11.8. The van der Waals surface area contributed by atoms with Gasteiger partial charge in [-0.25, -0.2) is 4.63 Å². The van der Waals surface area contributed by atoms with Gasteiger partial charge in [0.25, 0.3) is 5.91 Å². The molecule has 0 radical (unpaired) electrons. The molecule has 2 rings (SSSR count). The van der Waals surface area contributed by atoms with Crippen molar-refractivity contribution in [3.8, 4) is 0 Å². The summed E-state index contributed by atoms with van der Waals surface area (Å²) >= 11 is 1.83. The third kappa shape index (κ3) is 1.67. The first-order valence-electron chi connectivity index (χ1n) is 4.24. The molecule has 0 atom stereocenters. The predicted octanol–water partition coefficient (Wildman–Crippen LogP) is -0.159. The van der Waals surface area contributed by atoms with Crippen molar-refractivity contribution >= 4 is 23.5 Å². The largest absolute Gasteiger partial charge is 0.379 e. The van der Waals surface area contributed by atoms with Crippen molar-refractivity contribution in [3.05, 3.63) is 5.69 Å². The van der Waals surface area contributed by atoms with Crippen molar-refractivity contribution < 1.29 is 9.42 Å². The van der Waals surface area contributed by atoms with E-state index in [9.17, 15) is 4.79 Å². The first-order valence-corrected chi connectivity index (χ1v) is 5.39. The van der Waals surface area contributed by atoms with Crippen molar-refractivity contribution in [1.82, 2.24) is 15.2 Å². The minimum atomic E-state index is -0.191. The van der Waals surface area contributed by atoms with Gasteiger partial charge in [0.15, 0.2) is 0 Å². The number of hydrogen-bond acceptors (Lipinski definition) is 6. The summed E-state index contributed by atoms with van der Waals surface area (Å²) in [7, 11) is 0. The molecule has 0 aliphatic carbocycles. The summed E-state index contributed by atoms with van der Waals surface area (Å²) in [5.74, 6) is 1.78. The normalized spacial score (nSPS) is 17.0. The SMILES string of the molecule is Nc1nonc1C(=O)N1CCSCC1. The summed E-state index contributed by atoms with van der Waals surface area (Å²) in [5, 5.41) is 6.85. The highest BCUT2D eigenvalue weighted by atomic mass is 32.2. The molecule has 1 fully saturated rings. The third-order valence-electron chi connectivity index (χ3n) is 2.01. The van der Waals surface area contributed by atoms with Crippen LogP contribution in [0.1, 0.15) is 10.5 Å². The number of carbonyl (C=O) groups is 1. The van der Waals surface area contributed by atoms with Crippen molar-refractivity contribution in [3.63, 3.8) is 0 Å². The van der Waals surface area contributed by atoms with Gasteiger partial charge in [0.05, 0.1) is 0 Å². The highest BCUT2D eigenvalue weighted by Crippen LogP contribution is 2.14. The number of thioether (sulfide) groups is 1. The maximum atomic E-state index is 11.8. The molecule has 2 N–H and O–H groups in total.